The average molecular weight is 365 g/mol. The molecule has 0 aliphatic carbocycles. The number of carbonyl (C=O) groups excluding carboxylic acids is 1. The van der Waals surface area contributed by atoms with E-state index in [0.717, 1.165) is 0 Å². The SMILES string of the molecule is [N-]=[N+]=N[C@@H]1O[C@H](CO)[C@@H](O[C@@H]2O[C@H](CO)[C@@H](O)C(=O)[C@H]2O)[C@H](O)[C@H]1O. The number of ketones is 1. The molecule has 13 nitrogen and oxygen atoms in total. The molecule has 9 atom stereocenters. The maximum absolute atomic E-state index is 11.8. The molecule has 2 saturated heterocycles. The van der Waals surface area contributed by atoms with Crippen LogP contribution in [-0.2, 0) is 19.0 Å². The Hall–Kier alpha value is -1.38. The Labute approximate surface area is 140 Å². The van der Waals surface area contributed by atoms with Crippen LogP contribution in [0.3, 0.4) is 0 Å². The van der Waals surface area contributed by atoms with Crippen molar-refractivity contribution in [2.75, 3.05) is 13.2 Å². The van der Waals surface area contributed by atoms with E-state index >= 15 is 0 Å². The summed E-state index contributed by atoms with van der Waals surface area (Å²) < 4.78 is 15.5. The number of Topliss-reactive ketones (excluding diaryl/α,β-unsaturated/α-hetero) is 1. The molecule has 2 fully saturated rings. The van der Waals surface area contributed by atoms with Crippen molar-refractivity contribution in [3.63, 3.8) is 0 Å². The number of hydrogen-bond donors (Lipinski definition) is 6. The first-order chi connectivity index (χ1) is 11.8. The highest BCUT2D eigenvalue weighted by Gasteiger charge is 2.50. The van der Waals surface area contributed by atoms with Gasteiger partial charge < -0.3 is 44.8 Å². The summed E-state index contributed by atoms with van der Waals surface area (Å²) in [5, 5.41) is 61.0. The lowest BCUT2D eigenvalue weighted by molar-refractivity contribution is -0.314. The zero-order valence-electron chi connectivity index (χ0n) is 12.8. The van der Waals surface area contributed by atoms with Crippen molar-refractivity contribution < 1.29 is 49.6 Å². The minimum atomic E-state index is -1.93. The number of carbonyl (C=O) groups is 1. The molecule has 0 saturated carbocycles. The third-order valence-electron chi connectivity index (χ3n) is 3.98. The van der Waals surface area contributed by atoms with Crippen LogP contribution in [0, 0.1) is 0 Å². The summed E-state index contributed by atoms with van der Waals surface area (Å²) in [6.45, 7) is -1.46. The first-order valence-corrected chi connectivity index (χ1v) is 7.34. The molecule has 2 aliphatic rings. The van der Waals surface area contributed by atoms with Crippen LogP contribution in [0.1, 0.15) is 0 Å². The Bertz CT molecular complexity index is 527. The zero-order valence-corrected chi connectivity index (χ0v) is 12.8. The van der Waals surface area contributed by atoms with Gasteiger partial charge in [0.15, 0.2) is 24.4 Å². The summed E-state index contributed by atoms with van der Waals surface area (Å²) in [6.07, 6.45) is -14.4. The number of aliphatic hydroxyl groups excluding tert-OH is 6. The van der Waals surface area contributed by atoms with Crippen LogP contribution < -0.4 is 0 Å². The monoisotopic (exact) mass is 365 g/mol. The molecule has 25 heavy (non-hydrogen) atoms. The van der Waals surface area contributed by atoms with Gasteiger partial charge in [0.2, 0.25) is 0 Å². The van der Waals surface area contributed by atoms with Gasteiger partial charge in [-0.25, -0.2) is 0 Å². The third-order valence-corrected chi connectivity index (χ3v) is 3.98. The Morgan fingerprint density at radius 2 is 1.68 bits per heavy atom. The van der Waals surface area contributed by atoms with Crippen LogP contribution in [0.4, 0.5) is 0 Å². The fourth-order valence-electron chi connectivity index (χ4n) is 2.60. The van der Waals surface area contributed by atoms with E-state index in [1.165, 1.54) is 0 Å². The number of azide groups is 1. The number of ether oxygens (including phenoxy) is 3. The van der Waals surface area contributed by atoms with Crippen molar-refractivity contribution >= 4 is 5.78 Å². The predicted molar refractivity (Wildman–Crippen MR) is 74.5 cm³/mol. The molecule has 0 aromatic heterocycles. The highest BCUT2D eigenvalue weighted by molar-refractivity contribution is 5.88. The van der Waals surface area contributed by atoms with Gasteiger partial charge in [0.1, 0.15) is 36.6 Å². The van der Waals surface area contributed by atoms with E-state index in [-0.39, 0.29) is 0 Å². The van der Waals surface area contributed by atoms with Gasteiger partial charge in [-0.1, -0.05) is 5.11 Å². The van der Waals surface area contributed by atoms with Gasteiger partial charge in [-0.05, 0) is 5.53 Å². The second kappa shape index (κ2) is 8.33. The van der Waals surface area contributed by atoms with Gasteiger partial charge in [0.25, 0.3) is 0 Å². The van der Waals surface area contributed by atoms with Crippen molar-refractivity contribution in [3.8, 4) is 0 Å². The number of hydrogen-bond acceptors (Lipinski definition) is 11. The van der Waals surface area contributed by atoms with Crippen molar-refractivity contribution in [2.24, 2.45) is 5.11 Å². The van der Waals surface area contributed by atoms with Crippen molar-refractivity contribution in [3.05, 3.63) is 10.4 Å². The van der Waals surface area contributed by atoms with E-state index in [1.807, 2.05) is 0 Å². The Kier molecular flexibility index (Phi) is 6.65. The lowest BCUT2D eigenvalue weighted by Crippen LogP contribution is -2.63. The van der Waals surface area contributed by atoms with Crippen molar-refractivity contribution in [1.82, 2.24) is 0 Å². The molecule has 6 N–H and O–H groups in total. The Morgan fingerprint density at radius 1 is 1.04 bits per heavy atom. The van der Waals surface area contributed by atoms with Crippen LogP contribution in [0.15, 0.2) is 5.11 Å². The zero-order chi connectivity index (χ0) is 18.7. The van der Waals surface area contributed by atoms with Gasteiger partial charge in [0.05, 0.1) is 13.2 Å². The molecule has 2 heterocycles. The minimum Gasteiger partial charge on any atom is -0.394 e. The summed E-state index contributed by atoms with van der Waals surface area (Å²) in [7, 11) is 0. The first-order valence-electron chi connectivity index (χ1n) is 7.34. The molecule has 2 aliphatic heterocycles. The topological polar surface area (TPSA) is 215 Å². The molecule has 0 radical (unpaired) electrons. The minimum absolute atomic E-state index is 0.714. The smallest absolute Gasteiger partial charge is 0.197 e. The molecule has 0 aromatic rings. The fourth-order valence-corrected chi connectivity index (χ4v) is 2.60. The lowest BCUT2D eigenvalue weighted by Gasteiger charge is -2.43. The van der Waals surface area contributed by atoms with Crippen LogP contribution >= 0.6 is 0 Å². The maximum atomic E-state index is 11.8. The lowest BCUT2D eigenvalue weighted by atomic mass is 9.97. The molecular weight excluding hydrogens is 346 g/mol. The van der Waals surface area contributed by atoms with Gasteiger partial charge in [-0.15, -0.1) is 0 Å². The number of nitrogens with zero attached hydrogens (tertiary/aromatic N) is 3. The molecule has 2 rings (SSSR count). The standard InChI is InChI=1S/C12H19N3O10/c13-15-14-11-8(21)7(20)10(4(2-17)23-11)25-12-9(22)6(19)5(18)3(1-16)24-12/h3-5,7-12,16-18,20-22H,1-2H2/t3-,4-,5-,7-,8-,9-,10-,11-,12+/m1/s1. The largest absolute Gasteiger partial charge is 0.394 e. The molecule has 0 spiro atoms. The summed E-state index contributed by atoms with van der Waals surface area (Å²) in [6, 6.07) is 0. The van der Waals surface area contributed by atoms with E-state index in [4.69, 9.17) is 24.8 Å². The molecular formula is C12H19N3O10. The first kappa shape index (κ1) is 19.9. The summed E-state index contributed by atoms with van der Waals surface area (Å²) >= 11 is 0. The van der Waals surface area contributed by atoms with Crippen molar-refractivity contribution in [2.45, 2.75) is 55.2 Å². The van der Waals surface area contributed by atoms with Gasteiger partial charge >= 0.3 is 0 Å². The van der Waals surface area contributed by atoms with Gasteiger partial charge in [-0.3, -0.25) is 4.79 Å². The normalized spacial score (nSPS) is 45.0. The maximum Gasteiger partial charge on any atom is 0.197 e. The molecule has 13 heteroatoms. The third kappa shape index (κ3) is 3.91. The highest BCUT2D eigenvalue weighted by atomic mass is 16.7. The summed E-state index contributed by atoms with van der Waals surface area (Å²) in [4.78, 5) is 14.2. The van der Waals surface area contributed by atoms with E-state index < -0.39 is 74.2 Å². The van der Waals surface area contributed by atoms with Crippen LogP contribution in [0.2, 0.25) is 0 Å². The second-order valence-electron chi connectivity index (χ2n) is 5.55. The quantitative estimate of drug-likeness (QED) is 0.158. The Balaban J connectivity index is 2.16. The average Bonchev–Trinajstić information content (AvgIpc) is 2.61. The van der Waals surface area contributed by atoms with Crippen LogP contribution in [0.5, 0.6) is 0 Å². The predicted octanol–water partition coefficient (Wildman–Crippen LogP) is -3.87. The highest BCUT2D eigenvalue weighted by Crippen LogP contribution is 2.28. The van der Waals surface area contributed by atoms with E-state index in [9.17, 15) is 30.3 Å². The molecule has 0 aromatic carbocycles. The van der Waals surface area contributed by atoms with Gasteiger partial charge in [-0.2, -0.15) is 0 Å². The summed E-state index contributed by atoms with van der Waals surface area (Å²) in [5.74, 6) is -1.06. The van der Waals surface area contributed by atoms with Crippen LogP contribution in [0.25, 0.3) is 10.4 Å². The fraction of sp³-hybridized carbons (Fsp3) is 0.917. The Morgan fingerprint density at radius 3 is 2.24 bits per heavy atom. The molecule has 0 amide bonds. The number of rotatable bonds is 5. The second-order valence-corrected chi connectivity index (χ2v) is 5.55. The molecule has 0 unspecified atom stereocenters. The van der Waals surface area contributed by atoms with E-state index in [2.05, 4.69) is 10.0 Å². The summed E-state index contributed by atoms with van der Waals surface area (Å²) in [5.41, 5.74) is 8.41. The number of aliphatic hydroxyl groups is 6. The van der Waals surface area contributed by atoms with E-state index in [1.54, 1.807) is 0 Å². The molecule has 142 valence electrons. The van der Waals surface area contributed by atoms with E-state index in [0.29, 0.717) is 0 Å². The van der Waals surface area contributed by atoms with Crippen LogP contribution in [-0.4, -0.2) is 105 Å². The molecule has 0 bridgehead atoms. The van der Waals surface area contributed by atoms with Crippen molar-refractivity contribution in [1.29, 1.82) is 0 Å². The van der Waals surface area contributed by atoms with Gasteiger partial charge in [0, 0.05) is 4.91 Å².